The molecule has 4 rings (SSSR count). The zero-order valence-electron chi connectivity index (χ0n) is 12.1. The zero-order chi connectivity index (χ0) is 14.2. The Hall–Kier alpha value is -1.83. The van der Waals surface area contributed by atoms with Gasteiger partial charge in [-0.3, -0.25) is 4.90 Å². The molecular formula is C13H19N7O. The van der Waals surface area contributed by atoms with Crippen molar-refractivity contribution in [2.75, 3.05) is 6.54 Å². The lowest BCUT2D eigenvalue weighted by Gasteiger charge is -2.20. The minimum absolute atomic E-state index is 0.221. The highest BCUT2D eigenvalue weighted by atomic mass is 16.5. The summed E-state index contributed by atoms with van der Waals surface area (Å²) in [5, 5.41) is 16.3. The molecule has 8 heteroatoms. The maximum atomic E-state index is 5.25. The first-order valence-corrected chi connectivity index (χ1v) is 7.68. The Morgan fingerprint density at radius 3 is 2.95 bits per heavy atom. The van der Waals surface area contributed by atoms with E-state index in [0.29, 0.717) is 11.9 Å². The van der Waals surface area contributed by atoms with Crippen molar-refractivity contribution in [3.05, 3.63) is 17.5 Å². The van der Waals surface area contributed by atoms with Crippen molar-refractivity contribution in [2.45, 2.75) is 57.7 Å². The van der Waals surface area contributed by atoms with Gasteiger partial charge in [-0.1, -0.05) is 12.1 Å². The van der Waals surface area contributed by atoms with Gasteiger partial charge in [-0.15, -0.1) is 5.10 Å². The smallest absolute Gasteiger partial charge is 0.226 e. The Balaban J connectivity index is 1.52. The highest BCUT2D eigenvalue weighted by Gasteiger charge is 2.33. The molecule has 0 N–H and O–H groups in total. The quantitative estimate of drug-likeness (QED) is 0.819. The van der Waals surface area contributed by atoms with E-state index in [0.717, 1.165) is 44.0 Å². The molecule has 2 aromatic rings. The van der Waals surface area contributed by atoms with Crippen molar-refractivity contribution >= 4 is 0 Å². The molecule has 112 valence electrons. The molecule has 1 aliphatic carbocycles. The lowest BCUT2D eigenvalue weighted by molar-refractivity contribution is 0.224. The third-order valence-corrected chi connectivity index (χ3v) is 4.25. The maximum Gasteiger partial charge on any atom is 0.226 e. The second-order valence-electron chi connectivity index (χ2n) is 5.80. The van der Waals surface area contributed by atoms with Crippen LogP contribution in [0.3, 0.4) is 0 Å². The molecule has 0 spiro atoms. The third kappa shape index (κ3) is 2.44. The number of aromatic nitrogens is 6. The van der Waals surface area contributed by atoms with Gasteiger partial charge in [0.2, 0.25) is 5.89 Å². The van der Waals surface area contributed by atoms with Gasteiger partial charge >= 0.3 is 0 Å². The van der Waals surface area contributed by atoms with Crippen LogP contribution in [0.2, 0.25) is 0 Å². The fourth-order valence-electron chi connectivity index (χ4n) is 2.96. The van der Waals surface area contributed by atoms with Crippen molar-refractivity contribution in [1.82, 2.24) is 35.2 Å². The molecule has 21 heavy (non-hydrogen) atoms. The van der Waals surface area contributed by atoms with Crippen LogP contribution in [0.15, 0.2) is 4.52 Å². The lowest BCUT2D eigenvalue weighted by atomic mass is 10.2. The second-order valence-corrected chi connectivity index (χ2v) is 5.80. The largest absolute Gasteiger partial charge is 0.339 e. The van der Waals surface area contributed by atoms with E-state index >= 15 is 0 Å². The number of hydrogen-bond donors (Lipinski definition) is 0. The minimum Gasteiger partial charge on any atom is -0.339 e. The Morgan fingerprint density at radius 1 is 1.29 bits per heavy atom. The first kappa shape index (κ1) is 12.9. The van der Waals surface area contributed by atoms with Crippen molar-refractivity contribution in [1.29, 1.82) is 0 Å². The molecule has 2 fully saturated rings. The van der Waals surface area contributed by atoms with Crippen LogP contribution in [0.5, 0.6) is 0 Å². The SMILES string of the molecule is CCc1nc([C@H]2CCCN2Cc2nnnn2C2CC2)no1. The van der Waals surface area contributed by atoms with Crippen molar-refractivity contribution in [2.24, 2.45) is 0 Å². The van der Waals surface area contributed by atoms with Crippen LogP contribution in [0.1, 0.15) is 62.2 Å². The average molecular weight is 289 g/mol. The predicted molar refractivity (Wildman–Crippen MR) is 72.1 cm³/mol. The summed E-state index contributed by atoms with van der Waals surface area (Å²) >= 11 is 0. The molecule has 0 radical (unpaired) electrons. The van der Waals surface area contributed by atoms with E-state index < -0.39 is 0 Å². The number of aryl methyl sites for hydroxylation is 1. The number of nitrogens with zero attached hydrogens (tertiary/aromatic N) is 7. The van der Waals surface area contributed by atoms with Crippen LogP contribution in [0.4, 0.5) is 0 Å². The summed E-state index contributed by atoms with van der Waals surface area (Å²) < 4.78 is 7.22. The van der Waals surface area contributed by atoms with Crippen LogP contribution in [-0.2, 0) is 13.0 Å². The van der Waals surface area contributed by atoms with Crippen molar-refractivity contribution in [3.63, 3.8) is 0 Å². The molecule has 0 amide bonds. The molecule has 1 atom stereocenters. The van der Waals surface area contributed by atoms with Crippen LogP contribution in [-0.4, -0.2) is 41.8 Å². The van der Waals surface area contributed by atoms with E-state index in [9.17, 15) is 0 Å². The summed E-state index contributed by atoms with van der Waals surface area (Å²) in [5.41, 5.74) is 0. The fraction of sp³-hybridized carbons (Fsp3) is 0.769. The van der Waals surface area contributed by atoms with E-state index in [4.69, 9.17) is 4.52 Å². The van der Waals surface area contributed by atoms with Gasteiger partial charge in [-0.25, -0.2) is 4.68 Å². The Bertz CT molecular complexity index is 618. The molecule has 1 aliphatic heterocycles. The Labute approximate surface area is 122 Å². The molecule has 1 saturated carbocycles. The number of tetrazole rings is 1. The van der Waals surface area contributed by atoms with Gasteiger partial charge in [-0.2, -0.15) is 4.98 Å². The monoisotopic (exact) mass is 289 g/mol. The summed E-state index contributed by atoms with van der Waals surface area (Å²) in [5.74, 6) is 2.46. The van der Waals surface area contributed by atoms with E-state index in [1.807, 2.05) is 11.6 Å². The first-order valence-electron chi connectivity index (χ1n) is 7.68. The summed E-state index contributed by atoms with van der Waals surface area (Å²) in [7, 11) is 0. The highest BCUT2D eigenvalue weighted by Crippen LogP contribution is 2.36. The lowest BCUT2D eigenvalue weighted by Crippen LogP contribution is -2.25. The average Bonchev–Trinajstić information content (AvgIpc) is 2.95. The summed E-state index contributed by atoms with van der Waals surface area (Å²) in [6.45, 7) is 3.80. The van der Waals surface area contributed by atoms with Gasteiger partial charge < -0.3 is 4.52 Å². The normalized spacial score (nSPS) is 23.0. The molecule has 1 saturated heterocycles. The van der Waals surface area contributed by atoms with E-state index in [-0.39, 0.29) is 6.04 Å². The number of likely N-dealkylation sites (tertiary alicyclic amines) is 1. The molecule has 3 heterocycles. The zero-order valence-corrected chi connectivity index (χ0v) is 12.1. The summed E-state index contributed by atoms with van der Waals surface area (Å²) in [4.78, 5) is 6.84. The van der Waals surface area contributed by atoms with Gasteiger partial charge in [0, 0.05) is 6.42 Å². The second kappa shape index (κ2) is 5.18. The maximum absolute atomic E-state index is 5.25. The number of rotatable bonds is 5. The molecular weight excluding hydrogens is 270 g/mol. The van der Waals surface area contributed by atoms with E-state index in [1.165, 1.54) is 12.8 Å². The van der Waals surface area contributed by atoms with E-state index in [2.05, 4.69) is 30.6 Å². The predicted octanol–water partition coefficient (Wildman–Crippen LogP) is 1.29. The molecule has 0 bridgehead atoms. The van der Waals surface area contributed by atoms with Crippen LogP contribution < -0.4 is 0 Å². The van der Waals surface area contributed by atoms with E-state index in [1.54, 1.807) is 0 Å². The van der Waals surface area contributed by atoms with Gasteiger partial charge in [0.05, 0.1) is 18.6 Å². The van der Waals surface area contributed by atoms with Crippen LogP contribution in [0, 0.1) is 0 Å². The van der Waals surface area contributed by atoms with Gasteiger partial charge in [-0.05, 0) is 42.7 Å². The Kier molecular flexibility index (Phi) is 3.17. The molecule has 0 aromatic carbocycles. The molecule has 2 aliphatic rings. The van der Waals surface area contributed by atoms with Crippen LogP contribution >= 0.6 is 0 Å². The van der Waals surface area contributed by atoms with Gasteiger partial charge in [0.1, 0.15) is 0 Å². The molecule has 8 nitrogen and oxygen atoms in total. The van der Waals surface area contributed by atoms with Gasteiger partial charge in [0.25, 0.3) is 0 Å². The first-order chi connectivity index (χ1) is 10.3. The van der Waals surface area contributed by atoms with Gasteiger partial charge in [0.15, 0.2) is 11.6 Å². The standard InChI is InChI=1S/C13H19N7O/c1-2-12-14-13(16-21-12)10-4-3-7-19(10)8-11-15-17-18-20(11)9-5-6-9/h9-10H,2-8H2,1H3/t10-/m1/s1. The third-order valence-electron chi connectivity index (χ3n) is 4.25. The highest BCUT2D eigenvalue weighted by molar-refractivity contribution is 5.00. The van der Waals surface area contributed by atoms with Crippen molar-refractivity contribution < 1.29 is 4.52 Å². The minimum atomic E-state index is 0.221. The fourth-order valence-corrected chi connectivity index (χ4v) is 2.96. The summed E-state index contributed by atoms with van der Waals surface area (Å²) in [6, 6.07) is 0.728. The summed E-state index contributed by atoms with van der Waals surface area (Å²) in [6.07, 6.45) is 5.36. The van der Waals surface area contributed by atoms with Crippen molar-refractivity contribution in [3.8, 4) is 0 Å². The topological polar surface area (TPSA) is 85.8 Å². The van der Waals surface area contributed by atoms with Crippen LogP contribution in [0.25, 0.3) is 0 Å². The molecule has 2 aromatic heterocycles. The molecule has 0 unspecified atom stereocenters. The number of hydrogen-bond acceptors (Lipinski definition) is 7. The Morgan fingerprint density at radius 2 is 2.19 bits per heavy atom.